The molecule has 1 fully saturated rings. The van der Waals surface area contributed by atoms with Gasteiger partial charge in [-0.15, -0.1) is 0 Å². The molecule has 3 nitrogen and oxygen atoms in total. The van der Waals surface area contributed by atoms with Crippen molar-refractivity contribution in [1.29, 1.82) is 0 Å². The van der Waals surface area contributed by atoms with Gasteiger partial charge >= 0.3 is 0 Å². The topological polar surface area (TPSA) is 35.0 Å². The summed E-state index contributed by atoms with van der Waals surface area (Å²) in [7, 11) is 1.65. The van der Waals surface area contributed by atoms with E-state index in [1.54, 1.807) is 7.11 Å². The molecule has 1 heterocycles. The van der Waals surface area contributed by atoms with Crippen molar-refractivity contribution in [2.24, 2.45) is 5.41 Å². The average Bonchev–Trinajstić information content (AvgIpc) is 3.31. The summed E-state index contributed by atoms with van der Waals surface area (Å²) in [6.45, 7) is 1.54. The summed E-state index contributed by atoms with van der Waals surface area (Å²) >= 11 is 0. The van der Waals surface area contributed by atoms with Gasteiger partial charge in [-0.05, 0) is 30.9 Å². The lowest BCUT2D eigenvalue weighted by Gasteiger charge is -2.23. The minimum atomic E-state index is -0.320. The van der Waals surface area contributed by atoms with Gasteiger partial charge in [-0.25, -0.2) is 9.97 Å². The highest BCUT2D eigenvalue weighted by atomic mass is 19.1. The molecule has 0 aliphatic heterocycles. The van der Waals surface area contributed by atoms with Crippen molar-refractivity contribution in [3.63, 3.8) is 0 Å². The van der Waals surface area contributed by atoms with Gasteiger partial charge in [0, 0.05) is 30.5 Å². The fraction of sp³-hybridized carbons (Fsp3) is 0.412. The van der Waals surface area contributed by atoms with E-state index >= 15 is 0 Å². The van der Waals surface area contributed by atoms with Crippen LogP contribution in [0.4, 0.5) is 4.39 Å². The summed E-state index contributed by atoms with van der Waals surface area (Å²) in [5.74, 6) is 0.758. The fourth-order valence-corrected chi connectivity index (χ4v) is 2.76. The van der Waals surface area contributed by atoms with Gasteiger partial charge in [-0.2, -0.15) is 0 Å². The molecule has 1 atom stereocenters. The lowest BCUT2D eigenvalue weighted by molar-refractivity contribution is 0.0271. The Morgan fingerprint density at radius 1 is 1.14 bits per heavy atom. The molecule has 0 bridgehead atoms. The maximum absolute atomic E-state index is 13.2. The van der Waals surface area contributed by atoms with Gasteiger partial charge in [-0.1, -0.05) is 24.3 Å². The van der Waals surface area contributed by atoms with Crippen LogP contribution in [0.1, 0.15) is 30.3 Å². The van der Waals surface area contributed by atoms with Gasteiger partial charge in [0.2, 0.25) is 0 Å². The van der Waals surface area contributed by atoms with E-state index in [1.165, 1.54) is 0 Å². The van der Waals surface area contributed by atoms with Crippen LogP contribution in [0, 0.1) is 12.3 Å². The van der Waals surface area contributed by atoms with Crippen LogP contribution in [0.5, 0.6) is 0 Å². The second kappa shape index (κ2) is 5.53. The first-order chi connectivity index (χ1) is 10.2. The molecule has 1 aromatic heterocycles. The highest BCUT2D eigenvalue weighted by Gasteiger charge is 2.50. The van der Waals surface area contributed by atoms with Gasteiger partial charge in [0.25, 0.3) is 0 Å². The molecule has 1 aliphatic carbocycles. The van der Waals surface area contributed by atoms with Crippen LogP contribution >= 0.6 is 0 Å². The van der Waals surface area contributed by atoms with Crippen LogP contribution in [0.25, 0.3) is 11.1 Å². The molecule has 3 rings (SSSR count). The molecular formula is C17H19FN2O. The molecule has 1 saturated carbocycles. The largest absolute Gasteiger partial charge is 0.376 e. The van der Waals surface area contributed by atoms with E-state index in [-0.39, 0.29) is 18.2 Å². The Labute approximate surface area is 124 Å². The normalized spacial score (nSPS) is 17.5. The van der Waals surface area contributed by atoms with E-state index in [2.05, 4.69) is 9.97 Å². The first-order valence-corrected chi connectivity index (χ1v) is 7.16. The maximum atomic E-state index is 13.2. The minimum absolute atomic E-state index is 0.161. The molecule has 0 N–H and O–H groups in total. The van der Waals surface area contributed by atoms with Crippen LogP contribution in [-0.4, -0.2) is 23.8 Å². The smallest absolute Gasteiger partial charge is 0.125 e. The molecule has 110 valence electrons. The highest BCUT2D eigenvalue weighted by Crippen LogP contribution is 2.56. The van der Waals surface area contributed by atoms with Crippen LogP contribution in [0.2, 0.25) is 0 Å². The van der Waals surface area contributed by atoms with Crippen molar-refractivity contribution in [2.75, 3.05) is 13.8 Å². The standard InChI is InChI=1S/C17H19FN2O/c1-12-19-9-15(10-20-12)13-3-5-14(6-4-13)16(21-2)17(11-18)7-8-17/h3-6,9-10,16H,7-8,11H2,1-2H3/t16-/m1/s1. The third-order valence-electron chi connectivity index (χ3n) is 4.28. The molecule has 21 heavy (non-hydrogen) atoms. The lowest BCUT2D eigenvalue weighted by Crippen LogP contribution is -2.18. The molecule has 0 spiro atoms. The number of aromatic nitrogens is 2. The van der Waals surface area contributed by atoms with Crippen molar-refractivity contribution < 1.29 is 9.13 Å². The van der Waals surface area contributed by atoms with Crippen molar-refractivity contribution >= 4 is 0 Å². The Hall–Kier alpha value is -1.81. The summed E-state index contributed by atoms with van der Waals surface area (Å²) in [5, 5.41) is 0. The fourth-order valence-electron chi connectivity index (χ4n) is 2.76. The van der Waals surface area contributed by atoms with E-state index in [1.807, 2.05) is 43.6 Å². The third-order valence-corrected chi connectivity index (χ3v) is 4.28. The van der Waals surface area contributed by atoms with Gasteiger partial charge in [0.1, 0.15) is 5.82 Å². The van der Waals surface area contributed by atoms with Crippen LogP contribution in [0.15, 0.2) is 36.7 Å². The zero-order chi connectivity index (χ0) is 14.9. The summed E-state index contributed by atoms with van der Waals surface area (Å²) in [5.41, 5.74) is 2.76. The summed E-state index contributed by atoms with van der Waals surface area (Å²) in [6, 6.07) is 8.06. The highest BCUT2D eigenvalue weighted by molar-refractivity contribution is 5.61. The van der Waals surface area contributed by atoms with Crippen molar-refractivity contribution in [3.8, 4) is 11.1 Å². The Morgan fingerprint density at radius 2 is 1.76 bits per heavy atom. The molecule has 0 radical (unpaired) electrons. The molecular weight excluding hydrogens is 267 g/mol. The van der Waals surface area contributed by atoms with Gasteiger partial charge in [-0.3, -0.25) is 4.39 Å². The molecule has 4 heteroatoms. The van der Waals surface area contributed by atoms with E-state index in [9.17, 15) is 4.39 Å². The molecule has 1 aromatic carbocycles. The predicted molar refractivity (Wildman–Crippen MR) is 79.6 cm³/mol. The van der Waals surface area contributed by atoms with E-state index in [0.29, 0.717) is 0 Å². The minimum Gasteiger partial charge on any atom is -0.376 e. The number of hydrogen-bond acceptors (Lipinski definition) is 3. The average molecular weight is 286 g/mol. The van der Waals surface area contributed by atoms with E-state index in [4.69, 9.17) is 4.74 Å². The number of halogens is 1. The van der Waals surface area contributed by atoms with Crippen molar-refractivity contribution in [3.05, 3.63) is 48.0 Å². The zero-order valence-electron chi connectivity index (χ0n) is 12.3. The Balaban J connectivity index is 1.85. The van der Waals surface area contributed by atoms with Crippen LogP contribution in [0.3, 0.4) is 0 Å². The molecule has 0 unspecified atom stereocenters. The molecule has 2 aromatic rings. The van der Waals surface area contributed by atoms with Gasteiger partial charge < -0.3 is 4.74 Å². The Kier molecular flexibility index (Phi) is 3.72. The first kappa shape index (κ1) is 14.1. The molecule has 0 amide bonds. The van der Waals surface area contributed by atoms with Crippen LogP contribution < -0.4 is 0 Å². The number of benzene rings is 1. The number of ether oxygens (including phenoxy) is 1. The quantitative estimate of drug-likeness (QED) is 0.836. The number of nitrogens with zero attached hydrogens (tertiary/aromatic N) is 2. The monoisotopic (exact) mass is 286 g/mol. The third kappa shape index (κ3) is 2.68. The summed E-state index contributed by atoms with van der Waals surface area (Å²) in [6.07, 6.45) is 5.26. The summed E-state index contributed by atoms with van der Waals surface area (Å²) in [4.78, 5) is 8.41. The number of aryl methyl sites for hydroxylation is 1. The van der Waals surface area contributed by atoms with Crippen molar-refractivity contribution in [2.45, 2.75) is 25.9 Å². The number of rotatable bonds is 5. The number of hydrogen-bond donors (Lipinski definition) is 0. The Bertz CT molecular complexity index is 606. The van der Waals surface area contributed by atoms with E-state index in [0.717, 1.165) is 35.4 Å². The van der Waals surface area contributed by atoms with Crippen molar-refractivity contribution in [1.82, 2.24) is 9.97 Å². The Morgan fingerprint density at radius 3 is 2.24 bits per heavy atom. The maximum Gasteiger partial charge on any atom is 0.125 e. The van der Waals surface area contributed by atoms with Gasteiger partial charge in [0.05, 0.1) is 12.8 Å². The van der Waals surface area contributed by atoms with E-state index < -0.39 is 0 Å². The van der Waals surface area contributed by atoms with Crippen LogP contribution in [-0.2, 0) is 4.74 Å². The SMILES string of the molecule is CO[C@H](c1ccc(-c2cnc(C)nc2)cc1)C1(CF)CC1. The second-order valence-electron chi connectivity index (χ2n) is 5.75. The molecule has 0 saturated heterocycles. The second-order valence-corrected chi connectivity index (χ2v) is 5.75. The summed E-state index contributed by atoms with van der Waals surface area (Å²) < 4.78 is 18.8. The number of alkyl halides is 1. The predicted octanol–water partition coefficient (Wildman–Crippen LogP) is 3.89. The van der Waals surface area contributed by atoms with Gasteiger partial charge in [0.15, 0.2) is 0 Å². The molecule has 1 aliphatic rings. The zero-order valence-corrected chi connectivity index (χ0v) is 12.3. The number of methoxy groups -OCH3 is 1. The first-order valence-electron chi connectivity index (χ1n) is 7.16. The lowest BCUT2D eigenvalue weighted by atomic mass is 9.92.